The van der Waals surface area contributed by atoms with E-state index in [0.717, 1.165) is 25.0 Å². The minimum Gasteiger partial charge on any atom is -0.504 e. The van der Waals surface area contributed by atoms with Gasteiger partial charge in [0, 0.05) is 5.70 Å². The molecule has 3 N–H and O–H groups in total. The number of carbonyl (C=O) groups is 1. The number of nitroso groups, excluding NO2 is 1. The molecule has 1 aliphatic carbocycles. The van der Waals surface area contributed by atoms with Crippen molar-refractivity contribution in [3.05, 3.63) is 52.1 Å². The minimum absolute atomic E-state index is 0.190. The molecular formula is C16H13N3O4. The average molecular weight is 311 g/mol. The molecule has 1 amide bonds. The first kappa shape index (κ1) is 16.0. The molecule has 0 saturated heterocycles. The van der Waals surface area contributed by atoms with Crippen molar-refractivity contribution in [1.82, 2.24) is 5.32 Å². The second-order valence-electron chi connectivity index (χ2n) is 4.76. The lowest BCUT2D eigenvalue weighted by atomic mass is 10.1. The maximum atomic E-state index is 12.1. The third kappa shape index (κ3) is 3.83. The van der Waals surface area contributed by atoms with Gasteiger partial charge in [-0.25, -0.2) is 0 Å². The van der Waals surface area contributed by atoms with Crippen LogP contribution in [0.5, 0.6) is 11.5 Å². The Hall–Kier alpha value is -3.40. The summed E-state index contributed by atoms with van der Waals surface area (Å²) < 4.78 is 0. The van der Waals surface area contributed by atoms with Crippen molar-refractivity contribution in [3.63, 3.8) is 0 Å². The summed E-state index contributed by atoms with van der Waals surface area (Å²) in [5, 5.41) is 33.2. The Morgan fingerprint density at radius 2 is 2.13 bits per heavy atom. The van der Waals surface area contributed by atoms with Gasteiger partial charge in [0.25, 0.3) is 5.91 Å². The lowest BCUT2D eigenvalue weighted by Gasteiger charge is -2.08. The first-order chi connectivity index (χ1) is 11.0. The molecule has 23 heavy (non-hydrogen) atoms. The lowest BCUT2D eigenvalue weighted by Crippen LogP contribution is -2.23. The fraction of sp³-hybridized carbons (Fsp3) is 0.125. The van der Waals surface area contributed by atoms with Crippen LogP contribution >= 0.6 is 0 Å². The van der Waals surface area contributed by atoms with Gasteiger partial charge in [0.15, 0.2) is 17.2 Å². The van der Waals surface area contributed by atoms with Crippen LogP contribution in [0.15, 0.2) is 46.8 Å². The molecule has 0 spiro atoms. The highest BCUT2D eigenvalue weighted by molar-refractivity contribution is 6.02. The smallest absolute Gasteiger partial charge is 0.266 e. The van der Waals surface area contributed by atoms with E-state index in [2.05, 4.69) is 10.5 Å². The van der Waals surface area contributed by atoms with Gasteiger partial charge in [0.1, 0.15) is 11.6 Å². The summed E-state index contributed by atoms with van der Waals surface area (Å²) in [6.07, 6.45) is 8.39. The zero-order valence-corrected chi connectivity index (χ0v) is 12.0. The Morgan fingerprint density at radius 3 is 2.74 bits per heavy atom. The fourth-order valence-electron chi connectivity index (χ4n) is 2.00. The third-order valence-electron chi connectivity index (χ3n) is 3.12. The summed E-state index contributed by atoms with van der Waals surface area (Å²) in [7, 11) is 0. The highest BCUT2D eigenvalue weighted by atomic mass is 16.3. The number of aromatic hydroxyl groups is 2. The van der Waals surface area contributed by atoms with E-state index < -0.39 is 17.4 Å². The molecular weight excluding hydrogens is 298 g/mol. The average Bonchev–Trinajstić information content (AvgIpc) is 2.56. The topological polar surface area (TPSA) is 123 Å². The summed E-state index contributed by atoms with van der Waals surface area (Å²) in [5.41, 5.74) is 0.194. The highest BCUT2D eigenvalue weighted by Crippen LogP contribution is 2.37. The van der Waals surface area contributed by atoms with Crippen molar-refractivity contribution >= 4 is 17.7 Å². The second kappa shape index (κ2) is 7.04. The number of phenols is 2. The zero-order valence-electron chi connectivity index (χ0n) is 12.0. The molecule has 7 nitrogen and oxygen atoms in total. The van der Waals surface area contributed by atoms with Crippen molar-refractivity contribution in [2.24, 2.45) is 5.18 Å². The number of benzene rings is 1. The number of hydrogen-bond acceptors (Lipinski definition) is 6. The second-order valence-corrected chi connectivity index (χ2v) is 4.76. The van der Waals surface area contributed by atoms with E-state index in [1.807, 2.05) is 12.2 Å². The van der Waals surface area contributed by atoms with Crippen molar-refractivity contribution in [2.75, 3.05) is 0 Å². The number of nitriles is 1. The molecule has 0 bridgehead atoms. The predicted molar refractivity (Wildman–Crippen MR) is 83.4 cm³/mol. The number of carbonyl (C=O) groups excluding carboxylic acids is 1. The summed E-state index contributed by atoms with van der Waals surface area (Å²) in [6.45, 7) is 0. The van der Waals surface area contributed by atoms with Gasteiger partial charge in [-0.15, -0.1) is 4.91 Å². The molecule has 0 aliphatic heterocycles. The number of hydrogen-bond donors (Lipinski definition) is 3. The Bertz CT molecular complexity index is 785. The maximum Gasteiger partial charge on any atom is 0.266 e. The van der Waals surface area contributed by atoms with Crippen LogP contribution in [0.3, 0.4) is 0 Å². The van der Waals surface area contributed by atoms with Gasteiger partial charge in [0.2, 0.25) is 0 Å². The monoisotopic (exact) mass is 311 g/mol. The normalized spacial score (nSPS) is 13.9. The van der Waals surface area contributed by atoms with E-state index in [9.17, 15) is 19.9 Å². The molecule has 116 valence electrons. The van der Waals surface area contributed by atoms with Gasteiger partial charge < -0.3 is 15.5 Å². The van der Waals surface area contributed by atoms with Crippen molar-refractivity contribution < 1.29 is 15.0 Å². The number of allylic oxidation sites excluding steroid dienone is 3. The lowest BCUT2D eigenvalue weighted by molar-refractivity contribution is -0.116. The SMILES string of the molecule is N#C/C(=C\c1cc(O)c(O)c(N=O)c1)C(=O)NC1=CCCC=C1. The molecule has 2 rings (SSSR count). The van der Waals surface area contributed by atoms with E-state index in [4.69, 9.17) is 5.26 Å². The van der Waals surface area contributed by atoms with Gasteiger partial charge in [-0.2, -0.15) is 5.26 Å². The number of nitrogens with one attached hydrogen (secondary N) is 1. The van der Waals surface area contributed by atoms with E-state index in [0.29, 0.717) is 5.70 Å². The van der Waals surface area contributed by atoms with Crippen molar-refractivity contribution in [1.29, 1.82) is 5.26 Å². The van der Waals surface area contributed by atoms with Crippen LogP contribution in [-0.2, 0) is 4.79 Å². The van der Waals surface area contributed by atoms with E-state index in [1.165, 1.54) is 6.08 Å². The molecule has 0 unspecified atom stereocenters. The first-order valence-electron chi connectivity index (χ1n) is 6.74. The first-order valence-corrected chi connectivity index (χ1v) is 6.74. The standard InChI is InChI=1S/C16H13N3O4/c17-9-11(16(22)18-12-4-2-1-3-5-12)6-10-7-13(19-23)15(21)14(20)8-10/h2,4-8,20-21H,1,3H2,(H,18,22)/b11-6+. The molecule has 1 aliphatic rings. The molecule has 0 saturated carbocycles. The molecule has 0 aromatic heterocycles. The third-order valence-corrected chi connectivity index (χ3v) is 3.12. The van der Waals surface area contributed by atoms with Gasteiger partial charge in [0.05, 0.1) is 0 Å². The summed E-state index contributed by atoms with van der Waals surface area (Å²) in [5.74, 6) is -1.83. The van der Waals surface area contributed by atoms with Crippen LogP contribution in [-0.4, -0.2) is 16.1 Å². The Morgan fingerprint density at radius 1 is 1.35 bits per heavy atom. The fourth-order valence-corrected chi connectivity index (χ4v) is 2.00. The molecule has 1 aromatic rings. The molecule has 1 aromatic carbocycles. The maximum absolute atomic E-state index is 12.1. The number of phenolic OH excluding ortho intramolecular Hbond substituents is 2. The zero-order chi connectivity index (χ0) is 16.8. The van der Waals surface area contributed by atoms with Gasteiger partial charge in [-0.05, 0) is 47.9 Å². The van der Waals surface area contributed by atoms with E-state index in [-0.39, 0.29) is 16.8 Å². The minimum atomic E-state index is -0.655. The number of amides is 1. The van der Waals surface area contributed by atoms with Gasteiger partial charge in [-0.3, -0.25) is 4.79 Å². The van der Waals surface area contributed by atoms with E-state index in [1.54, 1.807) is 12.1 Å². The van der Waals surface area contributed by atoms with Crippen LogP contribution in [0.25, 0.3) is 6.08 Å². The molecule has 0 heterocycles. The van der Waals surface area contributed by atoms with Crippen molar-refractivity contribution in [2.45, 2.75) is 12.8 Å². The predicted octanol–water partition coefficient (Wildman–Crippen LogP) is 2.75. The van der Waals surface area contributed by atoms with Crippen LogP contribution < -0.4 is 5.32 Å². The Labute approximate surface area is 131 Å². The largest absolute Gasteiger partial charge is 0.504 e. The van der Waals surface area contributed by atoms with Crippen LogP contribution in [0, 0.1) is 16.2 Å². The molecule has 0 fully saturated rings. The molecule has 7 heteroatoms. The van der Waals surface area contributed by atoms with Gasteiger partial charge >= 0.3 is 0 Å². The quantitative estimate of drug-likeness (QED) is 0.341. The molecule has 0 radical (unpaired) electrons. The van der Waals surface area contributed by atoms with Crippen LogP contribution in [0.2, 0.25) is 0 Å². The number of nitrogens with zero attached hydrogens (tertiary/aromatic N) is 2. The summed E-state index contributed by atoms with van der Waals surface area (Å²) in [4.78, 5) is 22.7. The number of rotatable bonds is 4. The Kier molecular flexibility index (Phi) is 4.89. The van der Waals surface area contributed by atoms with Crippen molar-refractivity contribution in [3.8, 4) is 17.6 Å². The molecule has 0 atom stereocenters. The highest BCUT2D eigenvalue weighted by Gasteiger charge is 2.13. The Balaban J connectivity index is 2.28. The van der Waals surface area contributed by atoms with Gasteiger partial charge in [-0.1, -0.05) is 12.2 Å². The van der Waals surface area contributed by atoms with Crippen LogP contribution in [0.4, 0.5) is 5.69 Å². The van der Waals surface area contributed by atoms with E-state index >= 15 is 0 Å². The van der Waals surface area contributed by atoms with Crippen LogP contribution in [0.1, 0.15) is 18.4 Å². The summed E-state index contributed by atoms with van der Waals surface area (Å²) >= 11 is 0. The summed E-state index contributed by atoms with van der Waals surface area (Å²) in [6, 6.07) is 4.03.